The Kier molecular flexibility index (Phi) is 6.88. The maximum Gasteiger partial charge on any atom is 0.303 e. The van der Waals surface area contributed by atoms with E-state index in [1.165, 1.54) is 32.5 Å². The van der Waals surface area contributed by atoms with Crippen molar-refractivity contribution in [3.05, 3.63) is 0 Å². The molecule has 2 rings (SSSR count). The topological polar surface area (TPSA) is 113 Å². The van der Waals surface area contributed by atoms with Gasteiger partial charge in [-0.25, -0.2) is 0 Å². The number of ether oxygens (including phenoxy) is 4. The zero-order valence-electron chi connectivity index (χ0n) is 14.6. The van der Waals surface area contributed by atoms with Crippen LogP contribution in [0.1, 0.15) is 20.8 Å². The van der Waals surface area contributed by atoms with Gasteiger partial charge in [-0.3, -0.25) is 19.4 Å². The molecule has 0 radical (unpaired) electrons. The van der Waals surface area contributed by atoms with E-state index < -0.39 is 47.7 Å². The lowest BCUT2D eigenvalue weighted by molar-refractivity contribution is -0.208. The van der Waals surface area contributed by atoms with Gasteiger partial charge in [-0.1, -0.05) is 17.7 Å². The molecule has 10 heteroatoms. The molecule has 0 aliphatic carbocycles. The van der Waals surface area contributed by atoms with Crippen LogP contribution in [0.5, 0.6) is 0 Å². The highest BCUT2D eigenvalue weighted by Crippen LogP contribution is 2.38. The molecule has 0 unspecified atom stereocenters. The lowest BCUT2D eigenvalue weighted by Gasteiger charge is -2.41. The van der Waals surface area contributed by atoms with Gasteiger partial charge in [0.1, 0.15) is 24.2 Å². The minimum Gasteiger partial charge on any atom is -0.463 e. The minimum atomic E-state index is -0.965. The average molecular weight is 384 g/mol. The van der Waals surface area contributed by atoms with E-state index in [0.717, 1.165) is 0 Å². The van der Waals surface area contributed by atoms with Gasteiger partial charge in [0.05, 0.1) is 6.54 Å². The summed E-state index contributed by atoms with van der Waals surface area (Å²) < 4.78 is 21.6. The number of carbonyl (C=O) groups is 3. The number of hydrogen-bond donors (Lipinski definition) is 1. The fourth-order valence-corrected chi connectivity index (χ4v) is 3.72. The molecule has 0 aromatic carbocycles. The van der Waals surface area contributed by atoms with Gasteiger partial charge in [0.15, 0.2) is 17.4 Å². The number of rotatable bonds is 5. The molecule has 26 heavy (non-hydrogen) atoms. The Morgan fingerprint density at radius 3 is 2.42 bits per heavy atom. The van der Waals surface area contributed by atoms with E-state index in [1.807, 2.05) is 0 Å². The van der Waals surface area contributed by atoms with E-state index >= 15 is 0 Å². The van der Waals surface area contributed by atoms with Crippen molar-refractivity contribution in [1.29, 1.82) is 0 Å². The number of amidine groups is 1. The second-order valence-corrected chi connectivity index (χ2v) is 6.68. The molecule has 9 nitrogen and oxygen atoms in total. The van der Waals surface area contributed by atoms with Gasteiger partial charge in [0.2, 0.25) is 0 Å². The second-order valence-electron chi connectivity index (χ2n) is 5.59. The van der Waals surface area contributed by atoms with Crippen molar-refractivity contribution in [3.63, 3.8) is 0 Å². The van der Waals surface area contributed by atoms with Crippen LogP contribution in [-0.4, -0.2) is 66.0 Å². The maximum atomic E-state index is 11.6. The molecule has 1 N–H and O–H groups in total. The number of nitrogens with zero attached hydrogens (tertiary/aromatic N) is 1. The first-order valence-corrected chi connectivity index (χ1v) is 8.74. The number of nitrogens with one attached hydrogen (secondary N) is 1. The fourth-order valence-electron chi connectivity index (χ4n) is 2.61. The molecule has 2 aliphatic heterocycles. The molecule has 0 bridgehead atoms. The fraction of sp³-hybridized carbons (Fsp3) is 0.625. The molecule has 0 spiro atoms. The van der Waals surface area contributed by atoms with Gasteiger partial charge in [-0.2, -0.15) is 0 Å². The minimum absolute atomic E-state index is 0.151. The Labute approximate surface area is 155 Å². The van der Waals surface area contributed by atoms with E-state index in [2.05, 4.69) is 16.2 Å². The van der Waals surface area contributed by atoms with Crippen LogP contribution in [0.3, 0.4) is 0 Å². The molecule has 0 aromatic heterocycles. The Hall–Kier alpha value is -2.25. The van der Waals surface area contributed by atoms with Crippen molar-refractivity contribution in [2.75, 3.05) is 13.2 Å². The van der Waals surface area contributed by atoms with Crippen LogP contribution >= 0.6 is 11.8 Å². The number of esters is 3. The Morgan fingerprint density at radius 2 is 1.85 bits per heavy atom. The largest absolute Gasteiger partial charge is 0.463 e. The number of aliphatic imine (C=N–C) groups is 1. The highest BCUT2D eigenvalue weighted by molar-refractivity contribution is 8.14. The summed E-state index contributed by atoms with van der Waals surface area (Å²) in [5, 5.41) is 3.48. The van der Waals surface area contributed by atoms with Crippen LogP contribution in [0.25, 0.3) is 0 Å². The van der Waals surface area contributed by atoms with Crippen molar-refractivity contribution < 1.29 is 33.3 Å². The zero-order chi connectivity index (χ0) is 19.3. The number of fused-ring (bicyclic) bond motifs is 1. The van der Waals surface area contributed by atoms with Crippen molar-refractivity contribution in [3.8, 4) is 12.3 Å². The summed E-state index contributed by atoms with van der Waals surface area (Å²) in [6, 6.07) is -0.595. The summed E-state index contributed by atoms with van der Waals surface area (Å²) in [7, 11) is 0. The maximum absolute atomic E-state index is 11.6. The molecule has 0 saturated carbocycles. The first kappa shape index (κ1) is 20.1. The SMILES string of the molecule is C#CCNC1=N[C@@H]2[C@@H](OC(C)=O)[C@H](OC(C)=O)[C@@H](COC(C)=O)O[C@@H]2S1. The highest BCUT2D eigenvalue weighted by atomic mass is 32.2. The lowest BCUT2D eigenvalue weighted by atomic mass is 9.98. The molecule has 1 fully saturated rings. The van der Waals surface area contributed by atoms with Crippen molar-refractivity contribution in [2.24, 2.45) is 4.99 Å². The molecular formula is C16H20N2O7S. The normalized spacial score (nSPS) is 29.6. The Morgan fingerprint density at radius 1 is 1.19 bits per heavy atom. The smallest absolute Gasteiger partial charge is 0.303 e. The predicted molar refractivity (Wildman–Crippen MR) is 92.1 cm³/mol. The summed E-state index contributed by atoms with van der Waals surface area (Å²) in [5.41, 5.74) is -0.507. The van der Waals surface area contributed by atoms with E-state index in [4.69, 9.17) is 25.4 Å². The van der Waals surface area contributed by atoms with Crippen molar-refractivity contribution in [1.82, 2.24) is 5.32 Å². The van der Waals surface area contributed by atoms with Crippen LogP contribution in [0.2, 0.25) is 0 Å². The quantitative estimate of drug-likeness (QED) is 0.392. The summed E-state index contributed by atoms with van der Waals surface area (Å²) >= 11 is 1.27. The third-order valence-corrected chi connectivity index (χ3v) is 4.60. The van der Waals surface area contributed by atoms with Crippen LogP contribution in [0, 0.1) is 12.3 Å². The van der Waals surface area contributed by atoms with E-state index in [1.54, 1.807) is 0 Å². The van der Waals surface area contributed by atoms with Crippen molar-refractivity contribution >= 4 is 34.8 Å². The molecule has 1 saturated heterocycles. The van der Waals surface area contributed by atoms with Crippen LogP contribution in [-0.2, 0) is 33.3 Å². The number of carbonyl (C=O) groups excluding carboxylic acids is 3. The number of thioether (sulfide) groups is 1. The zero-order valence-corrected chi connectivity index (χ0v) is 15.4. The molecule has 5 atom stereocenters. The first-order chi connectivity index (χ1) is 12.3. The van der Waals surface area contributed by atoms with E-state index in [-0.39, 0.29) is 13.2 Å². The summed E-state index contributed by atoms with van der Waals surface area (Å²) in [5.74, 6) is 0.798. The van der Waals surface area contributed by atoms with Gasteiger partial charge < -0.3 is 24.3 Å². The Balaban J connectivity index is 2.26. The second kappa shape index (κ2) is 8.91. The van der Waals surface area contributed by atoms with Gasteiger partial charge in [0, 0.05) is 20.8 Å². The van der Waals surface area contributed by atoms with Crippen LogP contribution < -0.4 is 5.32 Å². The molecule has 0 amide bonds. The standard InChI is InChI=1S/C16H20N2O7S/c1-5-6-17-16-18-12-14(24-10(4)21)13(23-9(3)20)11(7-22-8(2)19)25-15(12)26-16/h1,11-15H,6-7H2,2-4H3,(H,17,18)/t11-,12-,13-,14-,15-/m1/s1. The third-order valence-electron chi connectivity index (χ3n) is 3.51. The van der Waals surface area contributed by atoms with Crippen LogP contribution in [0.4, 0.5) is 0 Å². The number of terminal acetylenes is 1. The Bertz CT molecular complexity index is 645. The summed E-state index contributed by atoms with van der Waals surface area (Å²) in [6.45, 7) is 3.85. The van der Waals surface area contributed by atoms with Gasteiger partial charge in [-0.05, 0) is 0 Å². The van der Waals surface area contributed by atoms with Gasteiger partial charge in [-0.15, -0.1) is 6.42 Å². The van der Waals surface area contributed by atoms with Gasteiger partial charge in [0.25, 0.3) is 0 Å². The van der Waals surface area contributed by atoms with E-state index in [9.17, 15) is 14.4 Å². The third kappa shape index (κ3) is 5.12. The van der Waals surface area contributed by atoms with E-state index in [0.29, 0.717) is 5.17 Å². The number of hydrogen-bond acceptors (Lipinski definition) is 10. The monoisotopic (exact) mass is 384 g/mol. The highest BCUT2D eigenvalue weighted by Gasteiger charge is 2.53. The first-order valence-electron chi connectivity index (χ1n) is 7.87. The van der Waals surface area contributed by atoms with Crippen molar-refractivity contribution in [2.45, 2.75) is 50.6 Å². The molecular weight excluding hydrogens is 364 g/mol. The average Bonchev–Trinajstić information content (AvgIpc) is 2.95. The lowest BCUT2D eigenvalue weighted by Crippen LogP contribution is -2.59. The van der Waals surface area contributed by atoms with Gasteiger partial charge >= 0.3 is 17.9 Å². The molecule has 2 aliphatic rings. The molecule has 142 valence electrons. The summed E-state index contributed by atoms with van der Waals surface area (Å²) in [6.07, 6.45) is 2.58. The molecule has 2 heterocycles. The van der Waals surface area contributed by atoms with Crippen LogP contribution in [0.15, 0.2) is 4.99 Å². The summed E-state index contributed by atoms with van der Waals surface area (Å²) in [4.78, 5) is 38.7. The molecule has 0 aromatic rings. The predicted octanol–water partition coefficient (Wildman–Crippen LogP) is -0.168.